The van der Waals surface area contributed by atoms with Gasteiger partial charge in [-0.15, -0.1) is 5.10 Å². The lowest BCUT2D eigenvalue weighted by atomic mass is 9.93. The number of nitrogens with zero attached hydrogens (tertiary/aromatic N) is 4. The summed E-state index contributed by atoms with van der Waals surface area (Å²) in [5, 5.41) is 12.5. The van der Waals surface area contributed by atoms with E-state index in [-0.39, 0.29) is 23.7 Å². The van der Waals surface area contributed by atoms with Gasteiger partial charge in [-0.2, -0.15) is 0 Å². The molecule has 1 aliphatic heterocycles. The molecule has 1 amide bonds. The molecule has 30 heavy (non-hydrogen) atoms. The fourth-order valence-electron chi connectivity index (χ4n) is 4.18. The molecule has 8 heteroatoms. The smallest absolute Gasteiger partial charge is 0.220 e. The average molecular weight is 409 g/mol. The minimum absolute atomic E-state index is 0.0603. The number of likely N-dealkylation sites (tertiary alicyclic amines) is 1. The summed E-state index contributed by atoms with van der Waals surface area (Å²) in [5.74, 6) is 0.204. The second-order valence-electron chi connectivity index (χ2n) is 8.00. The summed E-state index contributed by atoms with van der Waals surface area (Å²) in [5.41, 5.74) is 8.76. The molecule has 4 rings (SSSR count). The van der Waals surface area contributed by atoms with Gasteiger partial charge < -0.3 is 10.6 Å². The van der Waals surface area contributed by atoms with Crippen LogP contribution in [0.5, 0.6) is 0 Å². The second kappa shape index (κ2) is 8.71. The molecule has 2 aromatic carbocycles. The van der Waals surface area contributed by atoms with Crippen LogP contribution in [0.25, 0.3) is 0 Å². The molecule has 0 aliphatic carbocycles. The van der Waals surface area contributed by atoms with Gasteiger partial charge in [0.1, 0.15) is 5.82 Å². The standard InChI is InChI=1S/C22H25FN6O/c1-15-2-6-17(7-3-15)20(28-12-10-18(11-13-28)21(24)30)22-25-26-27-29(22)14-16-4-8-19(23)9-5-16/h2-9,18,20H,10-14H2,1H3,(H2,24,30)/p+1/t20-/m1/s1. The maximum Gasteiger partial charge on any atom is 0.220 e. The molecule has 156 valence electrons. The third-order valence-corrected chi connectivity index (χ3v) is 5.91. The van der Waals surface area contributed by atoms with Crippen molar-refractivity contribution in [2.75, 3.05) is 13.1 Å². The molecule has 3 N–H and O–H groups in total. The second-order valence-corrected chi connectivity index (χ2v) is 8.00. The maximum absolute atomic E-state index is 13.3. The van der Waals surface area contributed by atoms with E-state index in [0.717, 1.165) is 42.9 Å². The monoisotopic (exact) mass is 409 g/mol. The molecule has 0 bridgehead atoms. The van der Waals surface area contributed by atoms with Gasteiger partial charge in [-0.3, -0.25) is 4.79 Å². The number of hydrogen-bond donors (Lipinski definition) is 2. The fraction of sp³-hybridized carbons (Fsp3) is 0.364. The minimum Gasteiger partial charge on any atom is -0.369 e. The van der Waals surface area contributed by atoms with Gasteiger partial charge in [0.2, 0.25) is 11.7 Å². The van der Waals surface area contributed by atoms with Crippen LogP contribution < -0.4 is 10.6 Å². The molecule has 0 radical (unpaired) electrons. The van der Waals surface area contributed by atoms with Crippen LogP contribution in [0.4, 0.5) is 4.39 Å². The first-order chi connectivity index (χ1) is 14.5. The first-order valence-corrected chi connectivity index (χ1v) is 10.2. The third kappa shape index (κ3) is 4.38. The average Bonchev–Trinajstić information content (AvgIpc) is 3.19. The number of amides is 1. The third-order valence-electron chi connectivity index (χ3n) is 5.91. The number of hydrogen-bond acceptors (Lipinski definition) is 4. The number of nitrogens with one attached hydrogen (secondary N) is 1. The number of aromatic nitrogens is 4. The van der Waals surface area contributed by atoms with E-state index in [1.807, 2.05) is 0 Å². The predicted molar refractivity (Wildman–Crippen MR) is 109 cm³/mol. The Balaban J connectivity index is 1.65. The highest BCUT2D eigenvalue weighted by atomic mass is 19.1. The van der Waals surface area contributed by atoms with Crippen molar-refractivity contribution in [2.45, 2.75) is 32.4 Å². The molecule has 1 aromatic heterocycles. The van der Waals surface area contributed by atoms with Gasteiger partial charge in [-0.25, -0.2) is 9.07 Å². The normalized spacial score (nSPS) is 20.1. The summed E-state index contributed by atoms with van der Waals surface area (Å²) in [7, 11) is 0. The lowest BCUT2D eigenvalue weighted by Gasteiger charge is -2.33. The van der Waals surface area contributed by atoms with E-state index >= 15 is 0 Å². The van der Waals surface area contributed by atoms with E-state index in [0.29, 0.717) is 6.54 Å². The molecule has 2 heterocycles. The zero-order valence-corrected chi connectivity index (χ0v) is 17.0. The van der Waals surface area contributed by atoms with Gasteiger partial charge in [0, 0.05) is 24.3 Å². The summed E-state index contributed by atoms with van der Waals surface area (Å²) in [6.07, 6.45) is 1.51. The number of benzene rings is 2. The molecule has 3 aromatic rings. The molecule has 0 unspecified atom stereocenters. The molecular formula is C22H26FN6O+. The lowest BCUT2D eigenvalue weighted by Crippen LogP contribution is -3.13. The van der Waals surface area contributed by atoms with Crippen molar-refractivity contribution >= 4 is 5.91 Å². The summed E-state index contributed by atoms with van der Waals surface area (Å²) in [6, 6.07) is 14.7. The van der Waals surface area contributed by atoms with Crippen LogP contribution in [0.3, 0.4) is 0 Å². The number of nitrogens with two attached hydrogens (primary N) is 1. The van der Waals surface area contributed by atoms with E-state index in [4.69, 9.17) is 5.73 Å². The predicted octanol–water partition coefficient (Wildman–Crippen LogP) is 1.04. The van der Waals surface area contributed by atoms with Crippen LogP contribution in [0.2, 0.25) is 0 Å². The van der Waals surface area contributed by atoms with E-state index in [9.17, 15) is 9.18 Å². The van der Waals surface area contributed by atoms with Crippen LogP contribution in [0, 0.1) is 18.7 Å². The molecular weight excluding hydrogens is 383 g/mol. The van der Waals surface area contributed by atoms with E-state index in [2.05, 4.69) is 46.7 Å². The molecule has 7 nitrogen and oxygen atoms in total. The van der Waals surface area contributed by atoms with E-state index < -0.39 is 0 Å². The highest BCUT2D eigenvalue weighted by Crippen LogP contribution is 2.21. The van der Waals surface area contributed by atoms with Crippen LogP contribution in [-0.4, -0.2) is 39.2 Å². The summed E-state index contributed by atoms with van der Waals surface area (Å²) in [6.45, 7) is 4.15. The Morgan fingerprint density at radius 1 is 1.17 bits per heavy atom. The van der Waals surface area contributed by atoms with Gasteiger partial charge in [0.25, 0.3) is 0 Å². The van der Waals surface area contributed by atoms with Crippen molar-refractivity contribution in [3.05, 3.63) is 76.9 Å². The SMILES string of the molecule is Cc1ccc([C@H](c2nnnn2Cc2ccc(F)cc2)[NH+]2CCC(C(N)=O)CC2)cc1. The van der Waals surface area contributed by atoms with Crippen LogP contribution in [-0.2, 0) is 11.3 Å². The van der Waals surface area contributed by atoms with Crippen molar-refractivity contribution in [3.8, 4) is 0 Å². The Bertz CT molecular complexity index is 993. The Morgan fingerprint density at radius 2 is 1.83 bits per heavy atom. The lowest BCUT2D eigenvalue weighted by molar-refractivity contribution is -0.931. The molecule has 1 fully saturated rings. The summed E-state index contributed by atoms with van der Waals surface area (Å²) < 4.78 is 15.1. The van der Waals surface area contributed by atoms with Crippen molar-refractivity contribution in [3.63, 3.8) is 0 Å². The Morgan fingerprint density at radius 3 is 2.47 bits per heavy atom. The molecule has 0 spiro atoms. The highest BCUT2D eigenvalue weighted by Gasteiger charge is 2.35. The van der Waals surface area contributed by atoms with Crippen LogP contribution >= 0.6 is 0 Å². The van der Waals surface area contributed by atoms with Crippen molar-refractivity contribution in [1.29, 1.82) is 0 Å². The Kier molecular flexibility index (Phi) is 5.85. The zero-order chi connectivity index (χ0) is 21.1. The first kappa shape index (κ1) is 20.2. The molecule has 0 saturated carbocycles. The Labute approximate surface area is 174 Å². The Hall–Kier alpha value is -3.13. The molecule has 1 atom stereocenters. The van der Waals surface area contributed by atoms with E-state index in [1.54, 1.807) is 16.8 Å². The number of primary amides is 1. The fourth-order valence-corrected chi connectivity index (χ4v) is 4.18. The number of tetrazole rings is 1. The topological polar surface area (TPSA) is 91.1 Å². The maximum atomic E-state index is 13.3. The molecule has 1 saturated heterocycles. The van der Waals surface area contributed by atoms with Gasteiger partial charge in [-0.05, 0) is 35.0 Å². The number of piperidine rings is 1. The number of quaternary nitrogens is 1. The van der Waals surface area contributed by atoms with Gasteiger partial charge in [-0.1, -0.05) is 42.0 Å². The van der Waals surface area contributed by atoms with Gasteiger partial charge in [0.05, 0.1) is 19.6 Å². The van der Waals surface area contributed by atoms with Crippen molar-refractivity contribution in [2.24, 2.45) is 11.7 Å². The number of carbonyl (C=O) groups excluding carboxylic acids is 1. The highest BCUT2D eigenvalue weighted by molar-refractivity contribution is 5.76. The largest absolute Gasteiger partial charge is 0.369 e. The van der Waals surface area contributed by atoms with Gasteiger partial charge in [0.15, 0.2) is 6.04 Å². The molecule has 1 aliphatic rings. The van der Waals surface area contributed by atoms with E-state index in [1.165, 1.54) is 22.6 Å². The number of carbonyl (C=O) groups is 1. The van der Waals surface area contributed by atoms with Crippen LogP contribution in [0.1, 0.15) is 41.4 Å². The summed E-state index contributed by atoms with van der Waals surface area (Å²) >= 11 is 0. The van der Waals surface area contributed by atoms with Crippen molar-refractivity contribution in [1.82, 2.24) is 20.2 Å². The van der Waals surface area contributed by atoms with Crippen LogP contribution in [0.15, 0.2) is 48.5 Å². The van der Waals surface area contributed by atoms with Crippen molar-refractivity contribution < 1.29 is 14.1 Å². The minimum atomic E-state index is -0.269. The quantitative estimate of drug-likeness (QED) is 0.636. The number of halogens is 1. The summed E-state index contributed by atoms with van der Waals surface area (Å²) in [4.78, 5) is 12.9. The number of rotatable bonds is 6. The van der Waals surface area contributed by atoms with Gasteiger partial charge >= 0.3 is 0 Å². The zero-order valence-electron chi connectivity index (χ0n) is 17.0. The number of aryl methyl sites for hydroxylation is 1. The first-order valence-electron chi connectivity index (χ1n) is 10.2.